The summed E-state index contributed by atoms with van der Waals surface area (Å²) in [5.74, 6) is 0.299. The number of hydrogen-bond acceptors (Lipinski definition) is 4. The van der Waals surface area contributed by atoms with Gasteiger partial charge in [-0.05, 0) is 19.3 Å². The van der Waals surface area contributed by atoms with Crippen molar-refractivity contribution in [1.82, 2.24) is 15.5 Å². The summed E-state index contributed by atoms with van der Waals surface area (Å²) in [6.07, 6.45) is 0.938. The van der Waals surface area contributed by atoms with E-state index < -0.39 is 0 Å². The van der Waals surface area contributed by atoms with Crippen molar-refractivity contribution in [2.75, 3.05) is 39.4 Å². The van der Waals surface area contributed by atoms with Gasteiger partial charge in [-0.1, -0.05) is 13.8 Å². The Bertz CT molecular complexity index is 315. The third kappa shape index (κ3) is 7.45. The lowest BCUT2D eigenvalue weighted by Gasteiger charge is -2.25. The highest BCUT2D eigenvalue weighted by Gasteiger charge is 2.15. The number of ether oxygens (including phenoxy) is 1. The minimum absolute atomic E-state index is 0.0472. The van der Waals surface area contributed by atoms with E-state index in [-0.39, 0.29) is 24.4 Å². The second-order valence-electron chi connectivity index (χ2n) is 5.76. The maximum absolute atomic E-state index is 11.7. The van der Waals surface area contributed by atoms with Crippen molar-refractivity contribution in [2.24, 2.45) is 5.92 Å². The minimum Gasteiger partial charge on any atom is -0.379 e. The van der Waals surface area contributed by atoms with Gasteiger partial charge in [0, 0.05) is 19.1 Å². The van der Waals surface area contributed by atoms with E-state index in [0.29, 0.717) is 25.7 Å². The summed E-state index contributed by atoms with van der Waals surface area (Å²) in [6, 6.07) is 0.138. The zero-order valence-corrected chi connectivity index (χ0v) is 12.8. The molecule has 116 valence electrons. The van der Waals surface area contributed by atoms with Gasteiger partial charge in [-0.15, -0.1) is 0 Å². The van der Waals surface area contributed by atoms with Crippen LogP contribution in [0.5, 0.6) is 0 Å². The summed E-state index contributed by atoms with van der Waals surface area (Å²) in [5, 5.41) is 5.54. The Hall–Kier alpha value is -1.14. The van der Waals surface area contributed by atoms with Gasteiger partial charge in [-0.25, -0.2) is 0 Å². The third-order valence-electron chi connectivity index (χ3n) is 3.15. The first-order valence-corrected chi connectivity index (χ1v) is 7.33. The number of carbonyl (C=O) groups excluding carboxylic acids is 2. The number of nitrogens with one attached hydrogen (secondary N) is 2. The average molecular weight is 285 g/mol. The molecule has 0 aromatic heterocycles. The van der Waals surface area contributed by atoms with Gasteiger partial charge >= 0.3 is 0 Å². The van der Waals surface area contributed by atoms with Gasteiger partial charge in [0.2, 0.25) is 11.8 Å². The molecule has 1 unspecified atom stereocenters. The summed E-state index contributed by atoms with van der Waals surface area (Å²) in [7, 11) is 0. The number of rotatable bonds is 7. The van der Waals surface area contributed by atoms with E-state index in [0.717, 1.165) is 19.5 Å². The predicted octanol–water partition coefficient (Wildman–Crippen LogP) is -0.0144. The Morgan fingerprint density at radius 1 is 1.15 bits per heavy atom. The predicted molar refractivity (Wildman–Crippen MR) is 77.3 cm³/mol. The lowest BCUT2D eigenvalue weighted by atomic mass is 10.1. The van der Waals surface area contributed by atoms with Crippen molar-refractivity contribution in [1.29, 1.82) is 0 Å². The lowest BCUT2D eigenvalue weighted by Crippen LogP contribution is -2.46. The number of carbonyl (C=O) groups is 2. The number of amides is 2. The van der Waals surface area contributed by atoms with Gasteiger partial charge in [-0.3, -0.25) is 14.5 Å². The number of nitrogens with zero attached hydrogens (tertiary/aromatic N) is 1. The second kappa shape index (κ2) is 8.92. The summed E-state index contributed by atoms with van der Waals surface area (Å²) in [6.45, 7) is 9.47. The van der Waals surface area contributed by atoms with Gasteiger partial charge in [0.1, 0.15) is 0 Å². The molecule has 1 heterocycles. The highest BCUT2D eigenvalue weighted by atomic mass is 16.5. The molecule has 2 N–H and O–H groups in total. The topological polar surface area (TPSA) is 70.7 Å². The van der Waals surface area contributed by atoms with Crippen LogP contribution in [0, 0.1) is 5.92 Å². The molecule has 6 nitrogen and oxygen atoms in total. The first-order valence-electron chi connectivity index (χ1n) is 7.33. The molecule has 1 rings (SSSR count). The van der Waals surface area contributed by atoms with Gasteiger partial charge < -0.3 is 15.4 Å². The maximum Gasteiger partial charge on any atom is 0.239 e. The molecule has 20 heavy (non-hydrogen) atoms. The smallest absolute Gasteiger partial charge is 0.239 e. The van der Waals surface area contributed by atoms with E-state index in [1.807, 2.05) is 11.8 Å². The first-order chi connectivity index (χ1) is 9.47. The summed E-state index contributed by atoms with van der Waals surface area (Å²) < 4.78 is 5.22. The largest absolute Gasteiger partial charge is 0.379 e. The molecule has 0 radical (unpaired) electrons. The molecule has 1 atom stereocenters. The van der Waals surface area contributed by atoms with Crippen molar-refractivity contribution in [3.8, 4) is 0 Å². The Labute approximate surface area is 121 Å². The zero-order chi connectivity index (χ0) is 15.0. The van der Waals surface area contributed by atoms with Crippen molar-refractivity contribution < 1.29 is 14.3 Å². The fourth-order valence-electron chi connectivity index (χ4n) is 2.29. The average Bonchev–Trinajstić information content (AvgIpc) is 2.36. The first kappa shape index (κ1) is 16.9. The normalized spacial score (nSPS) is 17.8. The molecule has 0 saturated carbocycles. The van der Waals surface area contributed by atoms with Gasteiger partial charge in [0.25, 0.3) is 0 Å². The molecule has 0 aromatic rings. The molecule has 0 bridgehead atoms. The van der Waals surface area contributed by atoms with Crippen LogP contribution in [0.4, 0.5) is 0 Å². The number of morpholine rings is 1. The molecule has 1 aliphatic heterocycles. The van der Waals surface area contributed by atoms with Gasteiger partial charge in [0.15, 0.2) is 0 Å². The molecule has 6 heteroatoms. The van der Waals surface area contributed by atoms with Gasteiger partial charge in [0.05, 0.1) is 26.3 Å². The summed E-state index contributed by atoms with van der Waals surface area (Å²) in [5.41, 5.74) is 0. The monoisotopic (exact) mass is 285 g/mol. The highest BCUT2D eigenvalue weighted by molar-refractivity contribution is 5.85. The van der Waals surface area contributed by atoms with Crippen LogP contribution >= 0.6 is 0 Å². The van der Waals surface area contributed by atoms with E-state index in [9.17, 15) is 9.59 Å². The molecule has 2 amide bonds. The molecule has 1 saturated heterocycles. The highest BCUT2D eigenvalue weighted by Crippen LogP contribution is 2.03. The minimum atomic E-state index is -0.131. The van der Waals surface area contributed by atoms with E-state index >= 15 is 0 Å². The molecular formula is C14H27N3O3. The van der Waals surface area contributed by atoms with E-state index in [1.165, 1.54) is 0 Å². The summed E-state index contributed by atoms with van der Waals surface area (Å²) >= 11 is 0. The fourth-order valence-corrected chi connectivity index (χ4v) is 2.29. The van der Waals surface area contributed by atoms with Crippen LogP contribution in [-0.4, -0.2) is 62.1 Å². The molecule has 1 aliphatic rings. The van der Waals surface area contributed by atoms with E-state index in [4.69, 9.17) is 4.74 Å². The molecule has 0 aromatic carbocycles. The fraction of sp³-hybridized carbons (Fsp3) is 0.857. The second-order valence-corrected chi connectivity index (χ2v) is 5.76. The Kier molecular flexibility index (Phi) is 7.54. The van der Waals surface area contributed by atoms with Crippen molar-refractivity contribution >= 4 is 11.8 Å². The van der Waals surface area contributed by atoms with Crippen LogP contribution in [-0.2, 0) is 14.3 Å². The standard InChI is InChI=1S/C14H27N3O3/c1-11(2)8-12(3)16-13(18)9-15-14(19)10-17-4-6-20-7-5-17/h11-12H,4-10H2,1-3H3,(H,15,19)(H,16,18). The summed E-state index contributed by atoms with van der Waals surface area (Å²) in [4.78, 5) is 25.4. The Balaban J connectivity index is 2.14. The van der Waals surface area contributed by atoms with E-state index in [1.54, 1.807) is 0 Å². The van der Waals surface area contributed by atoms with Crippen LogP contribution in [0.15, 0.2) is 0 Å². The molecular weight excluding hydrogens is 258 g/mol. The Morgan fingerprint density at radius 3 is 2.40 bits per heavy atom. The number of hydrogen-bond donors (Lipinski definition) is 2. The molecule has 0 spiro atoms. The van der Waals surface area contributed by atoms with Crippen LogP contribution in [0.1, 0.15) is 27.2 Å². The van der Waals surface area contributed by atoms with Crippen LogP contribution in [0.25, 0.3) is 0 Å². The Morgan fingerprint density at radius 2 is 1.80 bits per heavy atom. The maximum atomic E-state index is 11.7. The quantitative estimate of drug-likeness (QED) is 0.690. The van der Waals surface area contributed by atoms with Crippen molar-refractivity contribution in [3.05, 3.63) is 0 Å². The third-order valence-corrected chi connectivity index (χ3v) is 3.15. The van der Waals surface area contributed by atoms with Crippen LogP contribution in [0.3, 0.4) is 0 Å². The molecule has 1 fully saturated rings. The van der Waals surface area contributed by atoms with Crippen molar-refractivity contribution in [2.45, 2.75) is 33.2 Å². The van der Waals surface area contributed by atoms with Gasteiger partial charge in [-0.2, -0.15) is 0 Å². The SMILES string of the molecule is CC(C)CC(C)NC(=O)CNC(=O)CN1CCOCC1. The van der Waals surface area contributed by atoms with Crippen LogP contribution in [0.2, 0.25) is 0 Å². The zero-order valence-electron chi connectivity index (χ0n) is 12.8. The van der Waals surface area contributed by atoms with Crippen LogP contribution < -0.4 is 10.6 Å². The van der Waals surface area contributed by atoms with Crippen molar-refractivity contribution in [3.63, 3.8) is 0 Å². The molecule has 0 aliphatic carbocycles. The van der Waals surface area contributed by atoms with E-state index in [2.05, 4.69) is 24.5 Å². The lowest BCUT2D eigenvalue weighted by molar-refractivity contribution is -0.127.